The lowest BCUT2D eigenvalue weighted by atomic mass is 9.82. The number of hydrogen-bond acceptors (Lipinski definition) is 4. The Morgan fingerprint density at radius 3 is 2.50 bits per heavy atom. The van der Waals surface area contributed by atoms with E-state index in [1.54, 1.807) is 0 Å². The van der Waals surface area contributed by atoms with Crippen LogP contribution in [0.3, 0.4) is 0 Å². The fourth-order valence-corrected chi connectivity index (χ4v) is 1.34. The first-order valence-electron chi connectivity index (χ1n) is 4.26. The molecule has 1 aromatic rings. The van der Waals surface area contributed by atoms with Gasteiger partial charge >= 0.3 is 0 Å². The Morgan fingerprint density at radius 1 is 1.50 bits per heavy atom. The zero-order chi connectivity index (χ0) is 9.03. The van der Waals surface area contributed by atoms with Gasteiger partial charge in [0.1, 0.15) is 0 Å². The van der Waals surface area contributed by atoms with Crippen LogP contribution in [0, 0.1) is 0 Å². The fourth-order valence-electron chi connectivity index (χ4n) is 1.34. The van der Waals surface area contributed by atoms with E-state index in [0.29, 0.717) is 12.4 Å². The number of nitrogens with two attached hydrogens (primary N) is 1. The van der Waals surface area contributed by atoms with Crippen molar-refractivity contribution < 1.29 is 4.52 Å². The number of nitrogens with zero attached hydrogens (tertiary/aromatic N) is 2. The molecule has 0 aliphatic rings. The highest BCUT2D eigenvalue weighted by molar-refractivity contribution is 5.03. The Kier molecular flexibility index (Phi) is 2.81. The molecule has 0 fully saturated rings. The predicted molar refractivity (Wildman–Crippen MR) is 45.6 cm³/mol. The Labute approximate surface area is 72.1 Å². The summed E-state index contributed by atoms with van der Waals surface area (Å²) in [6.07, 6.45) is 3.29. The average Bonchev–Trinajstić information content (AvgIpc) is 2.62. The van der Waals surface area contributed by atoms with E-state index >= 15 is 0 Å². The molecule has 0 aliphatic heterocycles. The topological polar surface area (TPSA) is 64.9 Å². The van der Waals surface area contributed by atoms with Gasteiger partial charge in [-0.2, -0.15) is 4.98 Å². The van der Waals surface area contributed by atoms with Crippen molar-refractivity contribution in [2.75, 3.05) is 6.54 Å². The second-order valence-electron chi connectivity index (χ2n) is 2.94. The Hall–Kier alpha value is -0.900. The predicted octanol–water partition coefficient (Wildman–Crippen LogP) is 1.09. The molecule has 0 spiro atoms. The third-order valence-electron chi connectivity index (χ3n) is 2.56. The fraction of sp³-hybridized carbons (Fsp3) is 0.750. The third kappa shape index (κ3) is 1.34. The lowest BCUT2D eigenvalue weighted by molar-refractivity contribution is 0.267. The highest BCUT2D eigenvalue weighted by Gasteiger charge is 2.31. The molecule has 12 heavy (non-hydrogen) atoms. The van der Waals surface area contributed by atoms with Crippen molar-refractivity contribution in [2.24, 2.45) is 5.73 Å². The zero-order valence-corrected chi connectivity index (χ0v) is 7.58. The van der Waals surface area contributed by atoms with E-state index in [4.69, 9.17) is 10.3 Å². The summed E-state index contributed by atoms with van der Waals surface area (Å²) < 4.78 is 5.03. The van der Waals surface area contributed by atoms with Crippen LogP contribution >= 0.6 is 0 Å². The molecule has 4 heteroatoms. The van der Waals surface area contributed by atoms with Gasteiger partial charge in [0.05, 0.1) is 5.41 Å². The first-order valence-corrected chi connectivity index (χ1v) is 4.26. The second kappa shape index (κ2) is 3.67. The molecule has 0 aromatic carbocycles. The van der Waals surface area contributed by atoms with Gasteiger partial charge in [0, 0.05) is 6.54 Å². The van der Waals surface area contributed by atoms with E-state index in [9.17, 15) is 0 Å². The van der Waals surface area contributed by atoms with Crippen molar-refractivity contribution >= 4 is 0 Å². The molecule has 1 rings (SSSR count). The summed E-state index contributed by atoms with van der Waals surface area (Å²) in [4.78, 5) is 4.04. The van der Waals surface area contributed by atoms with Crippen LogP contribution in [-0.4, -0.2) is 16.7 Å². The molecule has 2 N–H and O–H groups in total. The van der Waals surface area contributed by atoms with E-state index in [2.05, 4.69) is 24.0 Å². The SMILES string of the molecule is CCC(CC)(CN)c1ncno1. The summed E-state index contributed by atoms with van der Waals surface area (Å²) in [5, 5.41) is 3.59. The number of rotatable bonds is 4. The van der Waals surface area contributed by atoms with Gasteiger partial charge in [-0.3, -0.25) is 0 Å². The average molecular weight is 169 g/mol. The minimum atomic E-state index is -0.115. The molecule has 0 atom stereocenters. The van der Waals surface area contributed by atoms with Crippen LogP contribution in [0.4, 0.5) is 0 Å². The molecule has 0 saturated carbocycles. The first-order chi connectivity index (χ1) is 5.79. The van der Waals surface area contributed by atoms with Crippen LogP contribution in [0.25, 0.3) is 0 Å². The molecule has 0 radical (unpaired) electrons. The highest BCUT2D eigenvalue weighted by Crippen LogP contribution is 2.28. The maximum absolute atomic E-state index is 5.69. The second-order valence-corrected chi connectivity index (χ2v) is 2.94. The molecule has 4 nitrogen and oxygen atoms in total. The summed E-state index contributed by atoms with van der Waals surface area (Å²) >= 11 is 0. The molecule has 0 saturated heterocycles. The summed E-state index contributed by atoms with van der Waals surface area (Å²) in [6.45, 7) is 4.73. The highest BCUT2D eigenvalue weighted by atomic mass is 16.5. The Morgan fingerprint density at radius 2 is 2.17 bits per heavy atom. The number of hydrogen-bond donors (Lipinski definition) is 1. The van der Waals surface area contributed by atoms with Gasteiger partial charge in [-0.25, -0.2) is 0 Å². The van der Waals surface area contributed by atoms with Gasteiger partial charge in [-0.15, -0.1) is 0 Å². The Bertz CT molecular complexity index is 208. The van der Waals surface area contributed by atoms with Crippen LogP contribution in [0.5, 0.6) is 0 Å². The minimum Gasteiger partial charge on any atom is -0.339 e. The van der Waals surface area contributed by atoms with Crippen molar-refractivity contribution in [1.82, 2.24) is 10.1 Å². The molecule has 1 heterocycles. The molecule has 0 amide bonds. The normalized spacial score (nSPS) is 11.9. The summed E-state index contributed by atoms with van der Waals surface area (Å²) in [7, 11) is 0. The van der Waals surface area contributed by atoms with E-state index < -0.39 is 0 Å². The molecular formula is C8H15N3O. The van der Waals surface area contributed by atoms with Gasteiger partial charge in [0.15, 0.2) is 6.33 Å². The molecular weight excluding hydrogens is 154 g/mol. The third-order valence-corrected chi connectivity index (χ3v) is 2.56. The van der Waals surface area contributed by atoms with Gasteiger partial charge in [0.2, 0.25) is 5.89 Å². The largest absolute Gasteiger partial charge is 0.339 e. The summed E-state index contributed by atoms with van der Waals surface area (Å²) in [5.41, 5.74) is 5.58. The van der Waals surface area contributed by atoms with Crippen molar-refractivity contribution in [1.29, 1.82) is 0 Å². The van der Waals surface area contributed by atoms with Crippen molar-refractivity contribution in [2.45, 2.75) is 32.1 Å². The van der Waals surface area contributed by atoms with Crippen LogP contribution in [-0.2, 0) is 5.41 Å². The summed E-state index contributed by atoms with van der Waals surface area (Å²) in [6, 6.07) is 0. The van der Waals surface area contributed by atoms with E-state index in [-0.39, 0.29) is 5.41 Å². The van der Waals surface area contributed by atoms with E-state index in [1.165, 1.54) is 6.33 Å². The van der Waals surface area contributed by atoms with Crippen molar-refractivity contribution in [3.63, 3.8) is 0 Å². The molecule has 68 valence electrons. The van der Waals surface area contributed by atoms with Crippen LogP contribution < -0.4 is 5.73 Å². The van der Waals surface area contributed by atoms with Crippen LogP contribution in [0.1, 0.15) is 32.6 Å². The zero-order valence-electron chi connectivity index (χ0n) is 7.58. The minimum absolute atomic E-state index is 0.115. The molecule has 0 bridgehead atoms. The molecule has 1 aromatic heterocycles. The molecule has 0 unspecified atom stereocenters. The summed E-state index contributed by atoms with van der Waals surface area (Å²) in [5.74, 6) is 0.662. The van der Waals surface area contributed by atoms with Gasteiger partial charge in [-0.05, 0) is 12.8 Å². The standard InChI is InChI=1S/C8H15N3O/c1-3-8(4-2,5-9)7-10-6-11-12-7/h6H,3-5,9H2,1-2H3. The van der Waals surface area contributed by atoms with Gasteiger partial charge < -0.3 is 10.3 Å². The van der Waals surface area contributed by atoms with E-state index in [0.717, 1.165) is 12.8 Å². The maximum Gasteiger partial charge on any atom is 0.233 e. The maximum atomic E-state index is 5.69. The van der Waals surface area contributed by atoms with Crippen LogP contribution in [0.2, 0.25) is 0 Å². The number of aromatic nitrogens is 2. The smallest absolute Gasteiger partial charge is 0.233 e. The lowest BCUT2D eigenvalue weighted by Crippen LogP contribution is -2.34. The van der Waals surface area contributed by atoms with E-state index in [1.807, 2.05) is 0 Å². The monoisotopic (exact) mass is 169 g/mol. The van der Waals surface area contributed by atoms with Gasteiger partial charge in [-0.1, -0.05) is 19.0 Å². The lowest BCUT2D eigenvalue weighted by Gasteiger charge is -2.24. The van der Waals surface area contributed by atoms with Gasteiger partial charge in [0.25, 0.3) is 0 Å². The van der Waals surface area contributed by atoms with Crippen molar-refractivity contribution in [3.8, 4) is 0 Å². The molecule has 0 aliphatic carbocycles. The quantitative estimate of drug-likeness (QED) is 0.732. The Balaban J connectivity index is 2.93. The first kappa shape index (κ1) is 9.19. The van der Waals surface area contributed by atoms with Crippen molar-refractivity contribution in [3.05, 3.63) is 12.2 Å². The van der Waals surface area contributed by atoms with Crippen LogP contribution in [0.15, 0.2) is 10.9 Å².